The lowest BCUT2D eigenvalue weighted by Crippen LogP contribution is -2.37. The Balaban J connectivity index is 1.88. The Hall–Kier alpha value is -2.60. The van der Waals surface area contributed by atoms with Gasteiger partial charge in [0.15, 0.2) is 0 Å². The largest absolute Gasteiger partial charge is 0.496 e. The molecule has 0 bridgehead atoms. The first-order valence-electron chi connectivity index (χ1n) is 8.18. The number of amides is 2. The molecule has 2 aromatic rings. The van der Waals surface area contributed by atoms with Crippen LogP contribution in [0.5, 0.6) is 5.75 Å². The van der Waals surface area contributed by atoms with Gasteiger partial charge >= 0.3 is 6.03 Å². The number of aromatic nitrogens is 1. The van der Waals surface area contributed by atoms with Crippen molar-refractivity contribution in [3.63, 3.8) is 0 Å². The molecule has 1 aromatic heterocycles. The average Bonchev–Trinajstić information content (AvgIpc) is 2.60. The number of aliphatic hydroxyl groups is 1. The lowest BCUT2D eigenvalue weighted by molar-refractivity contribution is 0.172. The minimum absolute atomic E-state index is 0.139. The first-order valence-corrected chi connectivity index (χ1v) is 8.18. The fourth-order valence-corrected chi connectivity index (χ4v) is 2.74. The first-order chi connectivity index (χ1) is 11.9. The van der Waals surface area contributed by atoms with E-state index in [0.29, 0.717) is 0 Å². The van der Waals surface area contributed by atoms with Crippen molar-refractivity contribution in [2.45, 2.75) is 33.4 Å². The molecule has 0 aliphatic rings. The molecule has 134 valence electrons. The number of rotatable bonds is 6. The number of nitrogens with zero attached hydrogens (tertiary/aromatic N) is 1. The molecule has 25 heavy (non-hydrogen) atoms. The number of aryl methyl sites for hydroxylation is 2. The van der Waals surface area contributed by atoms with Crippen LogP contribution >= 0.6 is 0 Å². The highest BCUT2D eigenvalue weighted by Gasteiger charge is 2.13. The molecule has 0 aliphatic heterocycles. The highest BCUT2D eigenvalue weighted by molar-refractivity contribution is 5.73. The lowest BCUT2D eigenvalue weighted by Gasteiger charge is -2.16. The molecule has 2 amide bonds. The molecule has 0 spiro atoms. The number of carbonyl (C=O) groups is 1. The molecule has 0 radical (unpaired) electrons. The minimum atomic E-state index is -0.744. The third-order valence-corrected chi connectivity index (χ3v) is 4.17. The summed E-state index contributed by atoms with van der Waals surface area (Å²) in [6.45, 7) is 6.19. The number of nitrogens with one attached hydrogen (secondary N) is 2. The van der Waals surface area contributed by atoms with E-state index in [0.717, 1.165) is 33.7 Å². The van der Waals surface area contributed by atoms with E-state index in [1.807, 2.05) is 45.0 Å². The second-order valence-electron chi connectivity index (χ2n) is 5.98. The number of methoxy groups -OCH3 is 1. The van der Waals surface area contributed by atoms with E-state index >= 15 is 0 Å². The van der Waals surface area contributed by atoms with Gasteiger partial charge in [0.05, 0.1) is 25.5 Å². The van der Waals surface area contributed by atoms with Crippen LogP contribution in [0.3, 0.4) is 0 Å². The summed E-state index contributed by atoms with van der Waals surface area (Å²) >= 11 is 0. The molecule has 1 aromatic carbocycles. The van der Waals surface area contributed by atoms with Crippen LogP contribution < -0.4 is 15.4 Å². The maximum Gasteiger partial charge on any atom is 0.315 e. The summed E-state index contributed by atoms with van der Waals surface area (Å²) in [7, 11) is 1.62. The van der Waals surface area contributed by atoms with E-state index < -0.39 is 6.10 Å². The predicted octanol–water partition coefficient (Wildman–Crippen LogP) is 2.55. The number of aliphatic hydroxyl groups excluding tert-OH is 1. The Morgan fingerprint density at radius 2 is 1.92 bits per heavy atom. The molecule has 0 unspecified atom stereocenters. The molecular formula is C19H25N3O3. The van der Waals surface area contributed by atoms with Crippen molar-refractivity contribution >= 4 is 6.03 Å². The fourth-order valence-electron chi connectivity index (χ4n) is 2.74. The van der Waals surface area contributed by atoms with Crippen LogP contribution in [0, 0.1) is 20.8 Å². The number of benzene rings is 1. The normalized spacial score (nSPS) is 11.7. The number of hydrogen-bond acceptors (Lipinski definition) is 4. The molecule has 2 rings (SSSR count). The van der Waals surface area contributed by atoms with Gasteiger partial charge in [-0.2, -0.15) is 0 Å². The van der Waals surface area contributed by atoms with Crippen molar-refractivity contribution in [1.82, 2.24) is 15.6 Å². The lowest BCUT2D eigenvalue weighted by atomic mass is 10.0. The van der Waals surface area contributed by atoms with E-state index in [-0.39, 0.29) is 19.1 Å². The second-order valence-corrected chi connectivity index (χ2v) is 5.98. The van der Waals surface area contributed by atoms with E-state index in [1.54, 1.807) is 13.3 Å². The quantitative estimate of drug-likeness (QED) is 0.753. The van der Waals surface area contributed by atoms with Gasteiger partial charge < -0.3 is 20.5 Å². The van der Waals surface area contributed by atoms with E-state index in [4.69, 9.17) is 4.74 Å². The van der Waals surface area contributed by atoms with Crippen LogP contribution in [-0.4, -0.2) is 29.8 Å². The molecular weight excluding hydrogens is 318 g/mol. The highest BCUT2D eigenvalue weighted by Crippen LogP contribution is 2.23. The van der Waals surface area contributed by atoms with Gasteiger partial charge in [0, 0.05) is 23.9 Å². The van der Waals surface area contributed by atoms with Crippen molar-refractivity contribution in [2.24, 2.45) is 0 Å². The smallest absolute Gasteiger partial charge is 0.315 e. The van der Waals surface area contributed by atoms with Crippen LogP contribution in [-0.2, 0) is 6.54 Å². The summed E-state index contributed by atoms with van der Waals surface area (Å²) in [6, 6.07) is 7.21. The molecule has 3 N–H and O–H groups in total. The molecule has 0 aliphatic carbocycles. The van der Waals surface area contributed by atoms with Gasteiger partial charge in [-0.1, -0.05) is 24.3 Å². The Morgan fingerprint density at radius 3 is 2.60 bits per heavy atom. The number of pyridine rings is 1. The zero-order valence-corrected chi connectivity index (χ0v) is 15.1. The molecule has 1 heterocycles. The summed E-state index contributed by atoms with van der Waals surface area (Å²) in [4.78, 5) is 16.3. The zero-order valence-electron chi connectivity index (χ0n) is 15.1. The van der Waals surface area contributed by atoms with E-state index in [9.17, 15) is 9.90 Å². The minimum Gasteiger partial charge on any atom is -0.496 e. The number of urea groups is 1. The van der Waals surface area contributed by atoms with Crippen molar-refractivity contribution in [1.29, 1.82) is 0 Å². The Kier molecular flexibility index (Phi) is 6.36. The number of ether oxygens (including phenoxy) is 1. The predicted molar refractivity (Wildman–Crippen MR) is 96.6 cm³/mol. The summed E-state index contributed by atoms with van der Waals surface area (Å²) in [5, 5.41) is 15.6. The topological polar surface area (TPSA) is 83.5 Å². The van der Waals surface area contributed by atoms with Gasteiger partial charge in [-0.3, -0.25) is 4.98 Å². The fraction of sp³-hybridized carbons (Fsp3) is 0.368. The zero-order chi connectivity index (χ0) is 18.4. The summed E-state index contributed by atoms with van der Waals surface area (Å²) in [5.41, 5.74) is 4.40. The van der Waals surface area contributed by atoms with Crippen molar-refractivity contribution in [3.8, 4) is 5.75 Å². The average molecular weight is 343 g/mol. The molecule has 6 heteroatoms. The number of hydrogen-bond donors (Lipinski definition) is 3. The SMILES string of the molecule is COc1c(C)cnc(CNC(=O)NC[C@H](O)c2ccccc2C)c1C. The van der Waals surface area contributed by atoms with E-state index in [1.165, 1.54) is 0 Å². The van der Waals surface area contributed by atoms with Crippen LogP contribution in [0.1, 0.15) is 34.1 Å². The van der Waals surface area contributed by atoms with Crippen molar-refractivity contribution < 1.29 is 14.6 Å². The Bertz CT molecular complexity index is 747. The third kappa shape index (κ3) is 4.70. The van der Waals surface area contributed by atoms with Gasteiger partial charge in [-0.25, -0.2) is 4.79 Å². The summed E-state index contributed by atoms with van der Waals surface area (Å²) in [5.74, 6) is 0.780. The van der Waals surface area contributed by atoms with Crippen LogP contribution in [0.25, 0.3) is 0 Å². The van der Waals surface area contributed by atoms with Gasteiger partial charge in [0.2, 0.25) is 0 Å². The molecule has 6 nitrogen and oxygen atoms in total. The molecule has 0 fully saturated rings. The van der Waals surface area contributed by atoms with Crippen LogP contribution in [0.4, 0.5) is 4.79 Å². The Morgan fingerprint density at radius 1 is 1.20 bits per heavy atom. The van der Waals surface area contributed by atoms with Crippen LogP contribution in [0.15, 0.2) is 30.5 Å². The van der Waals surface area contributed by atoms with Crippen molar-refractivity contribution in [3.05, 3.63) is 58.4 Å². The summed E-state index contributed by atoms with van der Waals surface area (Å²) in [6.07, 6.45) is 0.981. The van der Waals surface area contributed by atoms with E-state index in [2.05, 4.69) is 15.6 Å². The standard InChI is InChI=1S/C19H25N3O3/c1-12-7-5-6-8-15(12)17(23)11-22-19(24)21-10-16-14(3)18(25-4)13(2)9-20-16/h5-9,17,23H,10-11H2,1-4H3,(H2,21,22,24)/t17-/m0/s1. The third-order valence-electron chi connectivity index (χ3n) is 4.17. The van der Waals surface area contributed by atoms with Gasteiger partial charge in [0.25, 0.3) is 0 Å². The first kappa shape index (κ1) is 18.7. The van der Waals surface area contributed by atoms with Gasteiger partial charge in [-0.05, 0) is 31.9 Å². The van der Waals surface area contributed by atoms with Gasteiger partial charge in [0.1, 0.15) is 5.75 Å². The van der Waals surface area contributed by atoms with Gasteiger partial charge in [-0.15, -0.1) is 0 Å². The van der Waals surface area contributed by atoms with Crippen LogP contribution in [0.2, 0.25) is 0 Å². The molecule has 0 saturated heterocycles. The van der Waals surface area contributed by atoms with Crippen molar-refractivity contribution in [2.75, 3.05) is 13.7 Å². The maximum absolute atomic E-state index is 12.0. The second kappa shape index (κ2) is 8.48. The number of carbonyl (C=O) groups excluding carboxylic acids is 1. The molecule has 0 saturated carbocycles. The summed E-state index contributed by atoms with van der Waals surface area (Å²) < 4.78 is 5.36. The molecule has 1 atom stereocenters. The maximum atomic E-state index is 12.0. The highest BCUT2D eigenvalue weighted by atomic mass is 16.5. The monoisotopic (exact) mass is 343 g/mol. The Labute approximate surface area is 148 Å².